The number of ether oxygens (including phenoxy) is 1. The fourth-order valence-electron chi connectivity index (χ4n) is 6.68. The van der Waals surface area contributed by atoms with E-state index in [0.29, 0.717) is 36.4 Å². The van der Waals surface area contributed by atoms with E-state index in [-0.39, 0.29) is 11.5 Å². The molecule has 1 amide bonds. The van der Waals surface area contributed by atoms with Crippen molar-refractivity contribution in [3.05, 3.63) is 29.0 Å². The van der Waals surface area contributed by atoms with Crippen LogP contribution in [-0.2, 0) is 0 Å². The van der Waals surface area contributed by atoms with Crippen molar-refractivity contribution in [2.45, 2.75) is 109 Å². The van der Waals surface area contributed by atoms with E-state index in [9.17, 15) is 9.90 Å². The monoisotopic (exact) mass is 468 g/mol. The second-order valence-electron chi connectivity index (χ2n) is 10.9. The molecule has 34 heavy (non-hydrogen) atoms. The van der Waals surface area contributed by atoms with Crippen molar-refractivity contribution in [1.82, 2.24) is 10.2 Å². The number of carbonyl (C=O) groups excluding carboxylic acids is 1. The maximum Gasteiger partial charge on any atom is 0.287 e. The second kappa shape index (κ2) is 9.54. The van der Waals surface area contributed by atoms with Crippen LogP contribution in [0.1, 0.15) is 106 Å². The van der Waals surface area contributed by atoms with Gasteiger partial charge in [-0.15, -0.1) is 0 Å². The van der Waals surface area contributed by atoms with Gasteiger partial charge in [-0.2, -0.15) is 0 Å². The molecular formula is C28H40N2O4. The molecule has 1 aliphatic carbocycles. The highest BCUT2D eigenvalue weighted by atomic mass is 16.5. The van der Waals surface area contributed by atoms with Crippen molar-refractivity contribution in [2.75, 3.05) is 13.1 Å². The first kappa shape index (κ1) is 23.7. The van der Waals surface area contributed by atoms with Gasteiger partial charge in [-0.3, -0.25) is 9.69 Å². The van der Waals surface area contributed by atoms with Crippen molar-refractivity contribution >= 4 is 16.9 Å². The number of piperidine rings is 1. The van der Waals surface area contributed by atoms with Crippen molar-refractivity contribution in [2.24, 2.45) is 0 Å². The van der Waals surface area contributed by atoms with Crippen LogP contribution in [0.15, 0.2) is 16.5 Å². The first-order valence-corrected chi connectivity index (χ1v) is 13.4. The molecule has 0 radical (unpaired) electrons. The number of carbonyl (C=O) groups is 1. The summed E-state index contributed by atoms with van der Waals surface area (Å²) in [6.45, 7) is 8.15. The van der Waals surface area contributed by atoms with Gasteiger partial charge < -0.3 is 19.6 Å². The van der Waals surface area contributed by atoms with Crippen LogP contribution in [0, 0.1) is 6.92 Å². The highest BCUT2D eigenvalue weighted by Crippen LogP contribution is 2.49. The van der Waals surface area contributed by atoms with Crippen LogP contribution in [0.3, 0.4) is 0 Å². The van der Waals surface area contributed by atoms with Gasteiger partial charge in [-0.25, -0.2) is 0 Å². The molecular weight excluding hydrogens is 428 g/mol. The van der Waals surface area contributed by atoms with Gasteiger partial charge in [0.05, 0.1) is 6.10 Å². The average molecular weight is 469 g/mol. The van der Waals surface area contributed by atoms with E-state index in [4.69, 9.17) is 9.15 Å². The molecule has 0 bridgehead atoms. The molecule has 3 heterocycles. The minimum absolute atomic E-state index is 0.183. The number of hydrogen-bond donors (Lipinski definition) is 2. The van der Waals surface area contributed by atoms with Gasteiger partial charge in [0.1, 0.15) is 16.9 Å². The summed E-state index contributed by atoms with van der Waals surface area (Å²) in [4.78, 5) is 15.6. The SMILES string of the molecule is Cc1c(C(=O)NCCCN2[C@H](C)CCC[C@@H]2C)oc2ccc3c(c12)[C@@H](O)CC1(CCCCC1)O3. The quantitative estimate of drug-likeness (QED) is 0.555. The normalized spacial score (nSPS) is 26.9. The summed E-state index contributed by atoms with van der Waals surface area (Å²) >= 11 is 0. The third-order valence-corrected chi connectivity index (χ3v) is 8.55. The minimum Gasteiger partial charge on any atom is -0.487 e. The highest BCUT2D eigenvalue weighted by molar-refractivity contribution is 6.00. The molecule has 6 heteroatoms. The molecule has 0 unspecified atom stereocenters. The van der Waals surface area contributed by atoms with Gasteiger partial charge in [0, 0.05) is 48.1 Å². The van der Waals surface area contributed by atoms with E-state index in [1.807, 2.05) is 19.1 Å². The number of aryl methyl sites for hydroxylation is 1. The molecule has 2 aromatic rings. The van der Waals surface area contributed by atoms with Gasteiger partial charge in [0.25, 0.3) is 5.91 Å². The Morgan fingerprint density at radius 2 is 1.88 bits per heavy atom. The molecule has 2 fully saturated rings. The summed E-state index contributed by atoms with van der Waals surface area (Å²) in [5.74, 6) is 0.902. The topological polar surface area (TPSA) is 74.9 Å². The number of nitrogens with zero attached hydrogens (tertiary/aromatic N) is 1. The number of fused-ring (bicyclic) bond motifs is 3. The summed E-state index contributed by atoms with van der Waals surface area (Å²) in [6, 6.07) is 5.02. The largest absolute Gasteiger partial charge is 0.487 e. The van der Waals surface area contributed by atoms with Gasteiger partial charge in [0.2, 0.25) is 0 Å². The zero-order valence-corrected chi connectivity index (χ0v) is 21.0. The maximum atomic E-state index is 13.0. The van der Waals surface area contributed by atoms with Crippen LogP contribution in [0.2, 0.25) is 0 Å². The standard InChI is InChI=1S/C28H40N2O4/c1-18-9-7-10-19(2)30(18)16-8-15-29-27(32)26-20(3)24-22(33-26)11-12-23-25(24)21(31)17-28(34-23)13-5-4-6-14-28/h11-12,18-19,21,31H,4-10,13-17H2,1-3H3,(H,29,32)/t18-,19+,21-/m0/s1. The Morgan fingerprint density at radius 1 is 1.15 bits per heavy atom. The molecule has 1 aromatic carbocycles. The number of amides is 1. The summed E-state index contributed by atoms with van der Waals surface area (Å²) < 4.78 is 12.5. The Labute approximate surface area is 203 Å². The van der Waals surface area contributed by atoms with Gasteiger partial charge in [-0.1, -0.05) is 12.8 Å². The Morgan fingerprint density at radius 3 is 2.62 bits per heavy atom. The van der Waals surface area contributed by atoms with E-state index in [1.165, 1.54) is 25.7 Å². The molecule has 2 N–H and O–H groups in total. The molecule has 2 aliphatic heterocycles. The lowest BCUT2D eigenvalue weighted by Gasteiger charge is -2.43. The molecule has 3 aliphatic rings. The van der Waals surface area contributed by atoms with Crippen molar-refractivity contribution in [3.63, 3.8) is 0 Å². The summed E-state index contributed by atoms with van der Waals surface area (Å²) in [5.41, 5.74) is 1.95. The fraction of sp³-hybridized carbons (Fsp3) is 0.679. The number of furan rings is 1. The Hall–Kier alpha value is -2.05. The molecule has 1 spiro atoms. The number of rotatable bonds is 5. The molecule has 1 saturated heterocycles. The number of aliphatic hydroxyl groups is 1. The minimum atomic E-state index is -0.605. The third-order valence-electron chi connectivity index (χ3n) is 8.55. The molecule has 3 atom stereocenters. The first-order chi connectivity index (χ1) is 16.4. The average Bonchev–Trinajstić information content (AvgIpc) is 3.15. The Balaban J connectivity index is 1.29. The lowest BCUT2D eigenvalue weighted by Crippen LogP contribution is -2.44. The van der Waals surface area contributed by atoms with E-state index >= 15 is 0 Å². The van der Waals surface area contributed by atoms with Crippen LogP contribution in [0.4, 0.5) is 0 Å². The Kier molecular flexibility index (Phi) is 6.64. The lowest BCUT2D eigenvalue weighted by molar-refractivity contribution is -0.0373. The van der Waals surface area contributed by atoms with E-state index in [1.54, 1.807) is 0 Å². The Bertz CT molecular complexity index is 1030. The van der Waals surface area contributed by atoms with Crippen molar-refractivity contribution in [1.29, 1.82) is 0 Å². The molecule has 186 valence electrons. The fourth-order valence-corrected chi connectivity index (χ4v) is 6.68. The number of hydrogen-bond acceptors (Lipinski definition) is 5. The van der Waals surface area contributed by atoms with Crippen molar-refractivity contribution < 1.29 is 19.1 Å². The summed E-state index contributed by atoms with van der Waals surface area (Å²) in [7, 11) is 0. The van der Waals surface area contributed by atoms with E-state index < -0.39 is 6.10 Å². The smallest absolute Gasteiger partial charge is 0.287 e. The van der Waals surface area contributed by atoms with Crippen LogP contribution < -0.4 is 10.1 Å². The molecule has 6 nitrogen and oxygen atoms in total. The van der Waals surface area contributed by atoms with Gasteiger partial charge in [0.15, 0.2) is 5.76 Å². The lowest BCUT2D eigenvalue weighted by atomic mass is 9.77. The molecule has 5 rings (SSSR count). The highest BCUT2D eigenvalue weighted by Gasteiger charge is 2.42. The van der Waals surface area contributed by atoms with Crippen LogP contribution in [-0.4, -0.2) is 46.7 Å². The number of aliphatic hydroxyl groups excluding tert-OH is 1. The zero-order chi connectivity index (χ0) is 23.9. The zero-order valence-electron chi connectivity index (χ0n) is 21.0. The van der Waals surface area contributed by atoms with Crippen molar-refractivity contribution in [3.8, 4) is 5.75 Å². The van der Waals surface area contributed by atoms with Gasteiger partial charge in [-0.05, 0) is 77.8 Å². The summed E-state index contributed by atoms with van der Waals surface area (Å²) in [5, 5.41) is 15.0. The van der Waals surface area contributed by atoms with Crippen LogP contribution >= 0.6 is 0 Å². The van der Waals surface area contributed by atoms with E-state index in [0.717, 1.165) is 60.9 Å². The maximum absolute atomic E-state index is 13.0. The number of benzene rings is 1. The first-order valence-electron chi connectivity index (χ1n) is 13.4. The number of likely N-dealkylation sites (tertiary alicyclic amines) is 1. The van der Waals surface area contributed by atoms with Gasteiger partial charge >= 0.3 is 0 Å². The van der Waals surface area contributed by atoms with Crippen LogP contribution in [0.25, 0.3) is 11.0 Å². The molecule has 1 saturated carbocycles. The van der Waals surface area contributed by atoms with Crippen LogP contribution in [0.5, 0.6) is 5.75 Å². The number of nitrogens with one attached hydrogen (secondary N) is 1. The predicted octanol–water partition coefficient (Wildman–Crippen LogP) is 5.64. The third kappa shape index (κ3) is 4.35. The second-order valence-corrected chi connectivity index (χ2v) is 10.9. The molecule has 1 aromatic heterocycles. The van der Waals surface area contributed by atoms with E-state index in [2.05, 4.69) is 24.1 Å². The predicted molar refractivity (Wildman–Crippen MR) is 133 cm³/mol. The summed E-state index contributed by atoms with van der Waals surface area (Å²) in [6.07, 6.45) is 10.3.